The van der Waals surface area contributed by atoms with Gasteiger partial charge in [-0.3, -0.25) is 4.98 Å². The van der Waals surface area contributed by atoms with Crippen molar-refractivity contribution in [2.24, 2.45) is 0 Å². The summed E-state index contributed by atoms with van der Waals surface area (Å²) in [6.45, 7) is 5.97. The molecule has 0 aliphatic rings. The van der Waals surface area contributed by atoms with Gasteiger partial charge in [-0.15, -0.1) is 0 Å². The van der Waals surface area contributed by atoms with E-state index in [0.717, 1.165) is 28.3 Å². The topological polar surface area (TPSA) is 51.6 Å². The average Bonchev–Trinajstić information content (AvgIpc) is 2.44. The molecular weight excluding hydrogens is 266 g/mol. The molecule has 21 heavy (non-hydrogen) atoms. The fourth-order valence-corrected chi connectivity index (χ4v) is 2.16. The quantitative estimate of drug-likeness (QED) is 0.916. The van der Waals surface area contributed by atoms with Gasteiger partial charge in [0, 0.05) is 23.4 Å². The Labute approximate surface area is 125 Å². The average molecular weight is 287 g/mol. The van der Waals surface area contributed by atoms with Crippen LogP contribution < -0.4 is 9.47 Å². The second-order valence-electron chi connectivity index (χ2n) is 5.15. The van der Waals surface area contributed by atoms with Gasteiger partial charge in [0.1, 0.15) is 18.1 Å². The zero-order valence-corrected chi connectivity index (χ0v) is 12.9. The van der Waals surface area contributed by atoms with E-state index in [1.807, 2.05) is 44.2 Å². The lowest BCUT2D eigenvalue weighted by atomic mass is 10.1. The highest BCUT2D eigenvalue weighted by atomic mass is 16.5. The van der Waals surface area contributed by atoms with E-state index in [1.54, 1.807) is 14.0 Å². The van der Waals surface area contributed by atoms with Gasteiger partial charge in [-0.25, -0.2) is 0 Å². The first kappa shape index (κ1) is 15.3. The molecule has 0 spiro atoms. The first-order chi connectivity index (χ1) is 9.99. The minimum absolute atomic E-state index is 0.335. The molecule has 0 aliphatic carbocycles. The minimum Gasteiger partial charge on any atom is -0.497 e. The molecule has 0 saturated heterocycles. The van der Waals surface area contributed by atoms with Gasteiger partial charge in [-0.2, -0.15) is 0 Å². The fourth-order valence-electron chi connectivity index (χ4n) is 2.16. The molecule has 2 aromatic rings. The maximum atomic E-state index is 9.80. The third-order valence-electron chi connectivity index (χ3n) is 3.21. The molecule has 0 aliphatic heterocycles. The molecule has 1 heterocycles. The van der Waals surface area contributed by atoms with Gasteiger partial charge in [-0.05, 0) is 32.4 Å². The van der Waals surface area contributed by atoms with E-state index in [-0.39, 0.29) is 0 Å². The normalized spacial score (nSPS) is 12.0. The SMILES string of the molecule is COc1cc(C)nc(COc2cc(C)ccc2[C@@H](C)O)c1. The van der Waals surface area contributed by atoms with Crippen LogP contribution in [0.5, 0.6) is 11.5 Å². The van der Waals surface area contributed by atoms with E-state index < -0.39 is 6.10 Å². The van der Waals surface area contributed by atoms with Gasteiger partial charge in [0.05, 0.1) is 18.9 Å². The van der Waals surface area contributed by atoms with Crippen molar-refractivity contribution in [1.29, 1.82) is 0 Å². The van der Waals surface area contributed by atoms with Gasteiger partial charge in [0.25, 0.3) is 0 Å². The summed E-state index contributed by atoms with van der Waals surface area (Å²) in [7, 11) is 1.63. The monoisotopic (exact) mass is 287 g/mol. The number of nitrogens with zero attached hydrogens (tertiary/aromatic N) is 1. The fraction of sp³-hybridized carbons (Fsp3) is 0.353. The summed E-state index contributed by atoms with van der Waals surface area (Å²) in [6, 6.07) is 9.50. The number of methoxy groups -OCH3 is 1. The van der Waals surface area contributed by atoms with Crippen LogP contribution in [0.15, 0.2) is 30.3 Å². The lowest BCUT2D eigenvalue weighted by molar-refractivity contribution is 0.189. The number of hydrogen-bond donors (Lipinski definition) is 1. The van der Waals surface area contributed by atoms with Crippen molar-refractivity contribution in [3.63, 3.8) is 0 Å². The zero-order valence-electron chi connectivity index (χ0n) is 12.9. The van der Waals surface area contributed by atoms with E-state index in [0.29, 0.717) is 12.4 Å². The molecule has 1 atom stereocenters. The highest BCUT2D eigenvalue weighted by molar-refractivity contribution is 5.38. The molecule has 1 aromatic heterocycles. The highest BCUT2D eigenvalue weighted by Crippen LogP contribution is 2.27. The van der Waals surface area contributed by atoms with Gasteiger partial charge in [0.2, 0.25) is 0 Å². The maximum Gasteiger partial charge on any atom is 0.130 e. The molecule has 1 aromatic carbocycles. The predicted molar refractivity (Wildman–Crippen MR) is 81.7 cm³/mol. The largest absolute Gasteiger partial charge is 0.497 e. The van der Waals surface area contributed by atoms with Gasteiger partial charge < -0.3 is 14.6 Å². The summed E-state index contributed by atoms with van der Waals surface area (Å²) in [6.07, 6.45) is -0.569. The summed E-state index contributed by atoms with van der Waals surface area (Å²) in [5, 5.41) is 9.80. The van der Waals surface area contributed by atoms with Crippen molar-refractivity contribution in [2.45, 2.75) is 33.5 Å². The van der Waals surface area contributed by atoms with Crippen LogP contribution in [-0.4, -0.2) is 17.2 Å². The van der Waals surface area contributed by atoms with Gasteiger partial charge in [-0.1, -0.05) is 12.1 Å². The Bertz CT molecular complexity index is 623. The Morgan fingerprint density at radius 1 is 1.19 bits per heavy atom. The molecule has 0 amide bonds. The number of aromatic nitrogens is 1. The van der Waals surface area contributed by atoms with Crippen molar-refractivity contribution in [3.8, 4) is 11.5 Å². The first-order valence-corrected chi connectivity index (χ1v) is 6.92. The Morgan fingerprint density at radius 2 is 1.95 bits per heavy atom. The van der Waals surface area contributed by atoms with Crippen LogP contribution in [0.2, 0.25) is 0 Å². The van der Waals surface area contributed by atoms with Crippen LogP contribution in [0.1, 0.15) is 35.5 Å². The van der Waals surface area contributed by atoms with Crippen LogP contribution in [0.3, 0.4) is 0 Å². The summed E-state index contributed by atoms with van der Waals surface area (Å²) in [4.78, 5) is 4.43. The molecule has 0 radical (unpaired) electrons. The molecular formula is C17H21NO3. The standard InChI is InChI=1S/C17H21NO3/c1-11-5-6-16(13(3)19)17(7-11)21-10-14-9-15(20-4)8-12(2)18-14/h5-9,13,19H,10H2,1-4H3/t13-/m1/s1. The van der Waals surface area contributed by atoms with Crippen molar-refractivity contribution in [3.05, 3.63) is 52.8 Å². The Kier molecular flexibility index (Phi) is 4.81. The molecule has 0 saturated carbocycles. The zero-order chi connectivity index (χ0) is 15.4. The summed E-state index contributed by atoms with van der Waals surface area (Å²) in [5.41, 5.74) is 3.54. The smallest absolute Gasteiger partial charge is 0.130 e. The molecule has 2 rings (SSSR count). The number of hydrogen-bond acceptors (Lipinski definition) is 4. The van der Waals surface area contributed by atoms with Crippen molar-refractivity contribution < 1.29 is 14.6 Å². The Hall–Kier alpha value is -2.07. The van der Waals surface area contributed by atoms with Crippen LogP contribution in [0.4, 0.5) is 0 Å². The highest BCUT2D eigenvalue weighted by Gasteiger charge is 2.10. The molecule has 112 valence electrons. The molecule has 4 heteroatoms. The lowest BCUT2D eigenvalue weighted by Gasteiger charge is -2.14. The van der Waals surface area contributed by atoms with E-state index >= 15 is 0 Å². The Morgan fingerprint density at radius 3 is 2.62 bits per heavy atom. The second kappa shape index (κ2) is 6.59. The van der Waals surface area contributed by atoms with Crippen LogP contribution >= 0.6 is 0 Å². The molecule has 4 nitrogen and oxygen atoms in total. The number of aliphatic hydroxyl groups is 1. The lowest BCUT2D eigenvalue weighted by Crippen LogP contribution is -2.04. The van der Waals surface area contributed by atoms with Crippen LogP contribution in [0, 0.1) is 13.8 Å². The number of pyridine rings is 1. The van der Waals surface area contributed by atoms with E-state index in [4.69, 9.17) is 9.47 Å². The molecule has 0 bridgehead atoms. The minimum atomic E-state index is -0.569. The number of aryl methyl sites for hydroxylation is 2. The van der Waals surface area contributed by atoms with E-state index in [1.165, 1.54) is 0 Å². The van der Waals surface area contributed by atoms with Crippen LogP contribution in [0.25, 0.3) is 0 Å². The second-order valence-corrected chi connectivity index (χ2v) is 5.15. The van der Waals surface area contributed by atoms with E-state index in [9.17, 15) is 5.11 Å². The first-order valence-electron chi connectivity index (χ1n) is 6.92. The molecule has 1 N–H and O–H groups in total. The third-order valence-corrected chi connectivity index (χ3v) is 3.21. The number of benzene rings is 1. The summed E-state index contributed by atoms with van der Waals surface area (Å²) in [5.74, 6) is 1.45. The number of aliphatic hydroxyl groups excluding tert-OH is 1. The van der Waals surface area contributed by atoms with E-state index in [2.05, 4.69) is 4.98 Å². The Balaban J connectivity index is 2.20. The molecule has 0 fully saturated rings. The summed E-state index contributed by atoms with van der Waals surface area (Å²) >= 11 is 0. The van der Waals surface area contributed by atoms with Crippen molar-refractivity contribution >= 4 is 0 Å². The number of rotatable bonds is 5. The van der Waals surface area contributed by atoms with Gasteiger partial charge in [0.15, 0.2) is 0 Å². The van der Waals surface area contributed by atoms with Crippen LogP contribution in [-0.2, 0) is 6.61 Å². The summed E-state index contributed by atoms with van der Waals surface area (Å²) < 4.78 is 11.1. The molecule has 0 unspecified atom stereocenters. The maximum absolute atomic E-state index is 9.80. The van der Waals surface area contributed by atoms with Crippen molar-refractivity contribution in [1.82, 2.24) is 4.98 Å². The third kappa shape index (κ3) is 3.95. The number of ether oxygens (including phenoxy) is 2. The van der Waals surface area contributed by atoms with Gasteiger partial charge >= 0.3 is 0 Å². The van der Waals surface area contributed by atoms with Crippen molar-refractivity contribution in [2.75, 3.05) is 7.11 Å². The predicted octanol–water partition coefficient (Wildman–Crippen LogP) is 3.34.